The summed E-state index contributed by atoms with van der Waals surface area (Å²) >= 11 is 6.08. The highest BCUT2D eigenvalue weighted by Gasteiger charge is 2.15. The summed E-state index contributed by atoms with van der Waals surface area (Å²) in [7, 11) is 0. The first-order chi connectivity index (χ1) is 9.52. The number of benzene rings is 1. The van der Waals surface area contributed by atoms with Crippen LogP contribution in [0.1, 0.15) is 28.7 Å². The fourth-order valence-corrected chi connectivity index (χ4v) is 2.17. The van der Waals surface area contributed by atoms with Gasteiger partial charge in [0.2, 0.25) is 0 Å². The van der Waals surface area contributed by atoms with Crippen molar-refractivity contribution in [1.82, 2.24) is 10.2 Å². The number of ether oxygens (including phenoxy) is 1. The molecule has 2 N–H and O–H groups in total. The zero-order valence-electron chi connectivity index (χ0n) is 11.6. The molecule has 1 aromatic carbocycles. The third kappa shape index (κ3) is 2.93. The van der Waals surface area contributed by atoms with Crippen molar-refractivity contribution in [2.24, 2.45) is 0 Å². The minimum absolute atomic E-state index is 0.214. The van der Waals surface area contributed by atoms with E-state index < -0.39 is 0 Å². The van der Waals surface area contributed by atoms with Gasteiger partial charge in [-0.1, -0.05) is 11.6 Å². The first kappa shape index (κ1) is 14.4. The molecule has 106 valence electrons. The predicted molar refractivity (Wildman–Crippen MR) is 78.6 cm³/mol. The third-order valence-corrected chi connectivity index (χ3v) is 3.14. The number of carbonyl (C=O) groups excluding carboxylic acids is 1. The second kappa shape index (κ2) is 5.96. The Bertz CT molecular complexity index is 618. The van der Waals surface area contributed by atoms with Crippen LogP contribution >= 0.6 is 11.6 Å². The summed E-state index contributed by atoms with van der Waals surface area (Å²) in [5.74, 6) is 0.386. The monoisotopic (exact) mass is 293 g/mol. The molecule has 0 spiro atoms. The molecule has 0 atom stereocenters. The second-order valence-electron chi connectivity index (χ2n) is 4.34. The first-order valence-corrected chi connectivity index (χ1v) is 6.66. The number of aromatic amines is 1. The Morgan fingerprint density at radius 3 is 2.75 bits per heavy atom. The lowest BCUT2D eigenvalue weighted by Gasteiger charge is -2.09. The molecule has 20 heavy (non-hydrogen) atoms. The molecule has 5 nitrogen and oxygen atoms in total. The number of hydrogen-bond acceptors (Lipinski definition) is 3. The van der Waals surface area contributed by atoms with Gasteiger partial charge in [0.25, 0.3) is 5.91 Å². The van der Waals surface area contributed by atoms with E-state index in [1.54, 1.807) is 32.0 Å². The molecule has 0 saturated heterocycles. The molecule has 0 aliphatic carbocycles. The molecule has 2 aromatic rings. The van der Waals surface area contributed by atoms with Crippen molar-refractivity contribution in [3.8, 4) is 5.75 Å². The van der Waals surface area contributed by atoms with E-state index in [1.807, 2.05) is 6.92 Å². The normalized spacial score (nSPS) is 10.4. The number of anilines is 1. The van der Waals surface area contributed by atoms with Crippen LogP contribution in [0.5, 0.6) is 5.75 Å². The Morgan fingerprint density at radius 1 is 1.45 bits per heavy atom. The molecule has 2 rings (SSSR count). The summed E-state index contributed by atoms with van der Waals surface area (Å²) in [6.45, 7) is 6.01. The topological polar surface area (TPSA) is 67.0 Å². The number of carbonyl (C=O) groups is 1. The zero-order valence-corrected chi connectivity index (χ0v) is 12.3. The van der Waals surface area contributed by atoms with Crippen LogP contribution in [0.3, 0.4) is 0 Å². The van der Waals surface area contributed by atoms with E-state index in [9.17, 15) is 4.79 Å². The van der Waals surface area contributed by atoms with Crippen LogP contribution in [0.15, 0.2) is 18.2 Å². The third-order valence-electron chi connectivity index (χ3n) is 2.84. The fraction of sp³-hybridized carbons (Fsp3) is 0.286. The molecule has 0 unspecified atom stereocenters. The van der Waals surface area contributed by atoms with Gasteiger partial charge in [-0.3, -0.25) is 9.89 Å². The standard InChI is InChI=1S/C14H16ClN3O2/c1-4-20-12-6-5-10(7-11(12)15)16-14(19)13-8(2)17-18-9(13)3/h5-7H,4H2,1-3H3,(H,16,19)(H,17,18). The quantitative estimate of drug-likeness (QED) is 0.908. The lowest BCUT2D eigenvalue weighted by molar-refractivity contribution is 0.102. The molecule has 1 heterocycles. The SMILES string of the molecule is CCOc1ccc(NC(=O)c2c(C)n[nH]c2C)cc1Cl. The van der Waals surface area contributed by atoms with Gasteiger partial charge in [0.1, 0.15) is 5.75 Å². The zero-order chi connectivity index (χ0) is 14.7. The van der Waals surface area contributed by atoms with E-state index in [1.165, 1.54) is 0 Å². The number of hydrogen-bond donors (Lipinski definition) is 2. The van der Waals surface area contributed by atoms with Gasteiger partial charge >= 0.3 is 0 Å². The first-order valence-electron chi connectivity index (χ1n) is 6.28. The van der Waals surface area contributed by atoms with Gasteiger partial charge in [0, 0.05) is 11.4 Å². The Morgan fingerprint density at radius 2 is 2.20 bits per heavy atom. The van der Waals surface area contributed by atoms with Gasteiger partial charge in [-0.25, -0.2) is 0 Å². The molecule has 6 heteroatoms. The number of aryl methyl sites for hydroxylation is 2. The molecule has 0 aliphatic heterocycles. The van der Waals surface area contributed by atoms with Crippen molar-refractivity contribution >= 4 is 23.2 Å². The summed E-state index contributed by atoms with van der Waals surface area (Å²) in [6.07, 6.45) is 0. The van der Waals surface area contributed by atoms with E-state index in [-0.39, 0.29) is 5.91 Å². The molecule has 0 bridgehead atoms. The largest absolute Gasteiger partial charge is 0.492 e. The average molecular weight is 294 g/mol. The molecule has 0 radical (unpaired) electrons. The van der Waals surface area contributed by atoms with Crippen LogP contribution in [-0.2, 0) is 0 Å². The van der Waals surface area contributed by atoms with Crippen LogP contribution in [-0.4, -0.2) is 22.7 Å². The van der Waals surface area contributed by atoms with E-state index in [4.69, 9.17) is 16.3 Å². The molecular formula is C14H16ClN3O2. The van der Waals surface area contributed by atoms with Crippen LogP contribution in [0.25, 0.3) is 0 Å². The molecular weight excluding hydrogens is 278 g/mol. The minimum atomic E-state index is -0.214. The number of aromatic nitrogens is 2. The van der Waals surface area contributed by atoms with Gasteiger partial charge < -0.3 is 10.1 Å². The minimum Gasteiger partial charge on any atom is -0.492 e. The summed E-state index contributed by atoms with van der Waals surface area (Å²) in [6, 6.07) is 5.14. The highest BCUT2D eigenvalue weighted by atomic mass is 35.5. The Hall–Kier alpha value is -2.01. The highest BCUT2D eigenvalue weighted by molar-refractivity contribution is 6.32. The molecule has 1 aromatic heterocycles. The Kier molecular flexibility index (Phi) is 4.29. The number of rotatable bonds is 4. The van der Waals surface area contributed by atoms with Crippen LogP contribution in [0.4, 0.5) is 5.69 Å². The molecule has 0 aliphatic rings. The van der Waals surface area contributed by atoms with Gasteiger partial charge in [-0.05, 0) is 39.0 Å². The van der Waals surface area contributed by atoms with E-state index in [2.05, 4.69) is 15.5 Å². The van der Waals surface area contributed by atoms with Crippen LogP contribution < -0.4 is 10.1 Å². The maximum Gasteiger partial charge on any atom is 0.259 e. The second-order valence-corrected chi connectivity index (χ2v) is 4.75. The summed E-state index contributed by atoms with van der Waals surface area (Å²) in [4.78, 5) is 12.2. The van der Waals surface area contributed by atoms with E-state index in [0.29, 0.717) is 34.3 Å². The average Bonchev–Trinajstić information content (AvgIpc) is 2.72. The number of halogens is 1. The highest BCUT2D eigenvalue weighted by Crippen LogP contribution is 2.28. The van der Waals surface area contributed by atoms with Gasteiger partial charge in [-0.2, -0.15) is 5.10 Å². The lowest BCUT2D eigenvalue weighted by Crippen LogP contribution is -2.13. The summed E-state index contributed by atoms with van der Waals surface area (Å²) < 4.78 is 5.35. The predicted octanol–water partition coefficient (Wildman–Crippen LogP) is 3.33. The summed E-state index contributed by atoms with van der Waals surface area (Å²) in [5, 5.41) is 10.0. The van der Waals surface area contributed by atoms with Crippen LogP contribution in [0.2, 0.25) is 5.02 Å². The van der Waals surface area contributed by atoms with Crippen molar-refractivity contribution in [3.63, 3.8) is 0 Å². The number of nitrogens with one attached hydrogen (secondary N) is 2. The van der Waals surface area contributed by atoms with Crippen molar-refractivity contribution < 1.29 is 9.53 Å². The van der Waals surface area contributed by atoms with Crippen molar-refractivity contribution in [1.29, 1.82) is 0 Å². The smallest absolute Gasteiger partial charge is 0.259 e. The molecule has 0 fully saturated rings. The number of nitrogens with zero attached hydrogens (tertiary/aromatic N) is 1. The van der Waals surface area contributed by atoms with E-state index in [0.717, 1.165) is 5.69 Å². The van der Waals surface area contributed by atoms with Crippen molar-refractivity contribution in [2.45, 2.75) is 20.8 Å². The van der Waals surface area contributed by atoms with E-state index >= 15 is 0 Å². The molecule has 0 saturated carbocycles. The molecule has 1 amide bonds. The van der Waals surface area contributed by atoms with Gasteiger partial charge in [-0.15, -0.1) is 0 Å². The number of amides is 1. The fourth-order valence-electron chi connectivity index (χ4n) is 1.93. The Labute approximate surface area is 122 Å². The lowest BCUT2D eigenvalue weighted by atomic mass is 10.2. The van der Waals surface area contributed by atoms with Crippen molar-refractivity contribution in [2.75, 3.05) is 11.9 Å². The maximum absolute atomic E-state index is 12.2. The van der Waals surface area contributed by atoms with Gasteiger partial charge in [0.05, 0.1) is 22.9 Å². The maximum atomic E-state index is 12.2. The van der Waals surface area contributed by atoms with Crippen LogP contribution in [0, 0.1) is 13.8 Å². The van der Waals surface area contributed by atoms with Gasteiger partial charge in [0.15, 0.2) is 0 Å². The Balaban J connectivity index is 2.18. The number of H-pyrrole nitrogens is 1. The van der Waals surface area contributed by atoms with Crippen molar-refractivity contribution in [3.05, 3.63) is 40.2 Å². The summed E-state index contributed by atoms with van der Waals surface area (Å²) in [5.41, 5.74) is 2.56.